The summed E-state index contributed by atoms with van der Waals surface area (Å²) >= 11 is 0. The molecule has 0 spiro atoms. The fourth-order valence-corrected chi connectivity index (χ4v) is 2.36. The Balaban J connectivity index is 2.20. The molecule has 0 N–H and O–H groups in total. The number of ether oxygens (including phenoxy) is 1. The normalized spacial score (nSPS) is 22.3. The van der Waals surface area contributed by atoms with Crippen molar-refractivity contribution in [3.05, 3.63) is 28.2 Å². The summed E-state index contributed by atoms with van der Waals surface area (Å²) in [7, 11) is 0. The van der Waals surface area contributed by atoms with Gasteiger partial charge in [0.25, 0.3) is 11.5 Å². The number of nitrogens with zero attached hydrogens (tertiary/aromatic N) is 3. The Morgan fingerprint density at radius 2 is 2.19 bits per heavy atom. The molecular weight excluding hydrogens is 270 g/mol. The molecule has 1 fully saturated rings. The molecular formula is C15H23N3O3. The lowest BCUT2D eigenvalue weighted by molar-refractivity contribution is -0.0389. The Hall–Kier alpha value is -1.69. The van der Waals surface area contributed by atoms with E-state index in [1.165, 1.54) is 16.8 Å². The lowest BCUT2D eigenvalue weighted by Crippen LogP contribution is -2.50. The average molecular weight is 293 g/mol. The third-order valence-corrected chi connectivity index (χ3v) is 3.68. The molecule has 0 saturated carbocycles. The van der Waals surface area contributed by atoms with Crippen LogP contribution in [0.3, 0.4) is 0 Å². The number of amides is 1. The molecule has 1 aromatic rings. The number of unbranched alkanes of at least 4 members (excludes halogenated alkanes) is 1. The molecule has 1 amide bonds. The van der Waals surface area contributed by atoms with Crippen LogP contribution < -0.4 is 5.56 Å². The third-order valence-electron chi connectivity index (χ3n) is 3.68. The molecule has 6 heteroatoms. The molecule has 1 aliphatic heterocycles. The van der Waals surface area contributed by atoms with E-state index in [0.29, 0.717) is 25.4 Å². The number of rotatable bonds is 4. The van der Waals surface area contributed by atoms with Crippen molar-refractivity contribution in [2.75, 3.05) is 13.2 Å². The molecule has 21 heavy (non-hydrogen) atoms. The van der Waals surface area contributed by atoms with Gasteiger partial charge >= 0.3 is 0 Å². The van der Waals surface area contributed by atoms with Gasteiger partial charge in [0.05, 0.1) is 18.8 Å². The largest absolute Gasteiger partial charge is 0.375 e. The molecule has 0 aromatic carbocycles. The Kier molecular flexibility index (Phi) is 5.12. The second kappa shape index (κ2) is 6.85. The zero-order valence-corrected chi connectivity index (χ0v) is 12.9. The van der Waals surface area contributed by atoms with Crippen molar-refractivity contribution >= 4 is 5.91 Å². The van der Waals surface area contributed by atoms with Gasteiger partial charge in [0.2, 0.25) is 0 Å². The van der Waals surface area contributed by atoms with Gasteiger partial charge in [-0.3, -0.25) is 9.59 Å². The molecule has 1 saturated heterocycles. The second-order valence-electron chi connectivity index (χ2n) is 5.58. The minimum Gasteiger partial charge on any atom is -0.375 e. The van der Waals surface area contributed by atoms with E-state index >= 15 is 0 Å². The number of hydrogen-bond donors (Lipinski definition) is 0. The van der Waals surface area contributed by atoms with E-state index in [-0.39, 0.29) is 23.6 Å². The van der Waals surface area contributed by atoms with E-state index in [9.17, 15) is 9.59 Å². The van der Waals surface area contributed by atoms with E-state index in [0.717, 1.165) is 12.8 Å². The highest BCUT2D eigenvalue weighted by atomic mass is 16.5. The quantitative estimate of drug-likeness (QED) is 0.839. The van der Waals surface area contributed by atoms with Crippen LogP contribution in [0.5, 0.6) is 0 Å². The van der Waals surface area contributed by atoms with Crippen molar-refractivity contribution in [1.29, 1.82) is 0 Å². The summed E-state index contributed by atoms with van der Waals surface area (Å²) in [5.74, 6) is -0.136. The fraction of sp³-hybridized carbons (Fsp3) is 0.667. The van der Waals surface area contributed by atoms with Crippen LogP contribution in [0.25, 0.3) is 0 Å². The second-order valence-corrected chi connectivity index (χ2v) is 5.58. The Labute approximate surface area is 124 Å². The predicted octanol–water partition coefficient (Wildman–Crippen LogP) is 1.29. The first-order valence-electron chi connectivity index (χ1n) is 7.53. The first kappa shape index (κ1) is 15.7. The third kappa shape index (κ3) is 3.69. The summed E-state index contributed by atoms with van der Waals surface area (Å²) < 4.78 is 6.91. The van der Waals surface area contributed by atoms with Crippen molar-refractivity contribution in [2.24, 2.45) is 0 Å². The number of aryl methyl sites for hydroxylation is 1. The zero-order valence-electron chi connectivity index (χ0n) is 12.9. The highest BCUT2D eigenvalue weighted by molar-refractivity contribution is 5.92. The van der Waals surface area contributed by atoms with Crippen molar-refractivity contribution in [3.8, 4) is 0 Å². The van der Waals surface area contributed by atoms with Crippen LogP contribution in [0.15, 0.2) is 16.9 Å². The van der Waals surface area contributed by atoms with Crippen LogP contribution in [-0.4, -0.2) is 45.9 Å². The van der Waals surface area contributed by atoms with Gasteiger partial charge in [0.1, 0.15) is 5.69 Å². The summed E-state index contributed by atoms with van der Waals surface area (Å²) in [6, 6.07) is 2.95. The molecule has 2 heterocycles. The van der Waals surface area contributed by atoms with Gasteiger partial charge in [-0.2, -0.15) is 5.10 Å². The maximum atomic E-state index is 12.6. The van der Waals surface area contributed by atoms with Crippen molar-refractivity contribution in [2.45, 2.75) is 52.3 Å². The van der Waals surface area contributed by atoms with Gasteiger partial charge in [-0.1, -0.05) is 13.3 Å². The smallest absolute Gasteiger partial charge is 0.274 e. The average Bonchev–Trinajstić information content (AvgIpc) is 2.48. The van der Waals surface area contributed by atoms with Crippen LogP contribution in [0.2, 0.25) is 0 Å². The standard InChI is InChI=1S/C15H23N3O3/c1-4-5-8-18-14(19)7-6-13(16-18)15(20)17-9-12(3)21-10-11(17)2/h6-7,11-12H,4-5,8-10H2,1-3H3. The summed E-state index contributed by atoms with van der Waals surface area (Å²) in [5, 5.41) is 4.22. The van der Waals surface area contributed by atoms with Gasteiger partial charge in [0.15, 0.2) is 0 Å². The molecule has 2 rings (SSSR count). The number of carbonyl (C=O) groups excluding carboxylic acids is 1. The molecule has 1 aliphatic rings. The monoisotopic (exact) mass is 293 g/mol. The summed E-state index contributed by atoms with van der Waals surface area (Å²) in [5.41, 5.74) is 0.162. The lowest BCUT2D eigenvalue weighted by atomic mass is 10.2. The number of carbonyl (C=O) groups is 1. The van der Waals surface area contributed by atoms with Crippen LogP contribution >= 0.6 is 0 Å². The SMILES string of the molecule is CCCCn1nc(C(=O)N2CC(C)OCC2C)ccc1=O. The van der Waals surface area contributed by atoms with Gasteiger partial charge in [-0.25, -0.2) is 4.68 Å². The molecule has 0 radical (unpaired) electrons. The van der Waals surface area contributed by atoms with Crippen LogP contribution in [0.4, 0.5) is 0 Å². The molecule has 2 atom stereocenters. The van der Waals surface area contributed by atoms with E-state index in [2.05, 4.69) is 12.0 Å². The first-order valence-corrected chi connectivity index (χ1v) is 7.53. The van der Waals surface area contributed by atoms with E-state index in [1.807, 2.05) is 13.8 Å². The number of morpholine rings is 1. The molecule has 6 nitrogen and oxygen atoms in total. The van der Waals surface area contributed by atoms with E-state index in [1.54, 1.807) is 4.90 Å². The maximum absolute atomic E-state index is 12.6. The van der Waals surface area contributed by atoms with Crippen LogP contribution in [0, 0.1) is 0 Å². The summed E-state index contributed by atoms with van der Waals surface area (Å²) in [6.07, 6.45) is 1.87. The summed E-state index contributed by atoms with van der Waals surface area (Å²) in [6.45, 7) is 7.58. The van der Waals surface area contributed by atoms with Gasteiger partial charge in [-0.15, -0.1) is 0 Å². The predicted molar refractivity (Wildman–Crippen MR) is 79.3 cm³/mol. The Morgan fingerprint density at radius 1 is 1.43 bits per heavy atom. The highest BCUT2D eigenvalue weighted by Crippen LogP contribution is 2.14. The minimum atomic E-state index is -0.164. The maximum Gasteiger partial charge on any atom is 0.274 e. The zero-order chi connectivity index (χ0) is 15.4. The molecule has 0 aliphatic carbocycles. The molecule has 2 unspecified atom stereocenters. The van der Waals surface area contributed by atoms with Gasteiger partial charge in [0, 0.05) is 19.2 Å². The number of hydrogen-bond acceptors (Lipinski definition) is 4. The highest BCUT2D eigenvalue weighted by Gasteiger charge is 2.29. The van der Waals surface area contributed by atoms with Crippen molar-refractivity contribution in [1.82, 2.24) is 14.7 Å². The Bertz CT molecular complexity index is 555. The molecule has 0 bridgehead atoms. The molecule has 1 aromatic heterocycles. The minimum absolute atomic E-state index is 0.0199. The van der Waals surface area contributed by atoms with Crippen LogP contribution in [0.1, 0.15) is 44.1 Å². The van der Waals surface area contributed by atoms with Gasteiger partial charge < -0.3 is 9.64 Å². The topological polar surface area (TPSA) is 64.4 Å². The van der Waals surface area contributed by atoms with Gasteiger partial charge in [-0.05, 0) is 26.3 Å². The number of aromatic nitrogens is 2. The summed E-state index contributed by atoms with van der Waals surface area (Å²) in [4.78, 5) is 26.1. The fourth-order valence-electron chi connectivity index (χ4n) is 2.36. The lowest BCUT2D eigenvalue weighted by Gasteiger charge is -2.36. The first-order chi connectivity index (χ1) is 10.0. The van der Waals surface area contributed by atoms with E-state index in [4.69, 9.17) is 4.74 Å². The van der Waals surface area contributed by atoms with Crippen LogP contribution in [-0.2, 0) is 11.3 Å². The Morgan fingerprint density at radius 3 is 2.90 bits per heavy atom. The van der Waals surface area contributed by atoms with Crippen molar-refractivity contribution < 1.29 is 9.53 Å². The van der Waals surface area contributed by atoms with E-state index < -0.39 is 0 Å². The molecule has 116 valence electrons. The van der Waals surface area contributed by atoms with Crippen molar-refractivity contribution in [3.63, 3.8) is 0 Å².